The van der Waals surface area contributed by atoms with E-state index in [2.05, 4.69) is 17.4 Å². The summed E-state index contributed by atoms with van der Waals surface area (Å²) in [6.07, 6.45) is 3.93. The first-order valence-corrected chi connectivity index (χ1v) is 10.3. The van der Waals surface area contributed by atoms with Gasteiger partial charge in [0.25, 0.3) is 0 Å². The van der Waals surface area contributed by atoms with Gasteiger partial charge in [0, 0.05) is 31.2 Å². The summed E-state index contributed by atoms with van der Waals surface area (Å²) in [5.41, 5.74) is 4.25. The van der Waals surface area contributed by atoms with E-state index in [9.17, 15) is 9.90 Å². The first kappa shape index (κ1) is 19.7. The van der Waals surface area contributed by atoms with E-state index in [-0.39, 0.29) is 17.8 Å². The van der Waals surface area contributed by atoms with E-state index < -0.39 is 5.97 Å². The minimum absolute atomic E-state index is 0.146. The average Bonchev–Trinajstić information content (AvgIpc) is 3.41. The summed E-state index contributed by atoms with van der Waals surface area (Å²) < 4.78 is 11.2. The van der Waals surface area contributed by atoms with Crippen LogP contribution in [0.5, 0.6) is 5.75 Å². The Kier molecular flexibility index (Phi) is 5.72. The maximum absolute atomic E-state index is 11.2. The van der Waals surface area contributed by atoms with E-state index in [1.807, 2.05) is 24.3 Å². The largest absolute Gasteiger partial charge is 0.493 e. The van der Waals surface area contributed by atoms with Gasteiger partial charge in [-0.2, -0.15) is 0 Å². The molecule has 2 atom stereocenters. The molecule has 1 aromatic heterocycles. The number of anilines is 1. The SMILES string of the molecule is COCC1(CC(=O)O)CC1c1ccc(OCCc2ccc3c(n2)CCCN3)cc1. The van der Waals surface area contributed by atoms with Crippen LogP contribution in [0, 0.1) is 5.41 Å². The summed E-state index contributed by atoms with van der Waals surface area (Å²) >= 11 is 0. The molecule has 2 unspecified atom stereocenters. The van der Waals surface area contributed by atoms with Gasteiger partial charge in [0.2, 0.25) is 0 Å². The number of ether oxygens (including phenoxy) is 2. The second-order valence-corrected chi connectivity index (χ2v) is 8.12. The maximum Gasteiger partial charge on any atom is 0.304 e. The van der Waals surface area contributed by atoms with E-state index in [1.54, 1.807) is 7.11 Å². The van der Waals surface area contributed by atoms with Crippen molar-refractivity contribution < 1.29 is 19.4 Å². The summed E-state index contributed by atoms with van der Waals surface area (Å²) in [6.45, 7) is 2.08. The number of pyridine rings is 1. The summed E-state index contributed by atoms with van der Waals surface area (Å²) in [5.74, 6) is 0.293. The highest BCUT2D eigenvalue weighted by molar-refractivity contribution is 5.69. The van der Waals surface area contributed by atoms with Gasteiger partial charge in [-0.3, -0.25) is 9.78 Å². The summed E-state index contributed by atoms with van der Waals surface area (Å²) in [7, 11) is 1.63. The standard InChI is InChI=1S/C23H28N2O4/c1-28-15-23(14-22(26)27)13-19(23)16-4-7-18(8-5-16)29-12-10-17-6-9-20-21(25-17)3-2-11-24-20/h4-9,19,24H,2-3,10-15H2,1H3,(H,26,27). The number of aliphatic carboxylic acids is 1. The number of nitrogens with one attached hydrogen (secondary N) is 1. The molecule has 0 radical (unpaired) electrons. The summed E-state index contributed by atoms with van der Waals surface area (Å²) in [6, 6.07) is 12.2. The Balaban J connectivity index is 1.30. The molecule has 4 rings (SSSR count). The van der Waals surface area contributed by atoms with E-state index in [0.29, 0.717) is 13.2 Å². The molecular weight excluding hydrogens is 368 g/mol. The zero-order valence-electron chi connectivity index (χ0n) is 16.8. The molecule has 29 heavy (non-hydrogen) atoms. The number of carbonyl (C=O) groups is 1. The molecule has 1 aliphatic heterocycles. The Morgan fingerprint density at radius 3 is 2.86 bits per heavy atom. The number of carboxylic acids is 1. The van der Waals surface area contributed by atoms with Crippen molar-refractivity contribution in [3.8, 4) is 5.75 Å². The van der Waals surface area contributed by atoms with Crippen LogP contribution < -0.4 is 10.1 Å². The van der Waals surface area contributed by atoms with Gasteiger partial charge >= 0.3 is 5.97 Å². The fraction of sp³-hybridized carbons (Fsp3) is 0.478. The Bertz CT molecular complexity index is 868. The van der Waals surface area contributed by atoms with Crippen LogP contribution in [0.4, 0.5) is 5.69 Å². The third-order valence-corrected chi connectivity index (χ3v) is 5.97. The van der Waals surface area contributed by atoms with E-state index in [1.165, 1.54) is 0 Å². The average molecular weight is 396 g/mol. The Morgan fingerprint density at radius 2 is 2.10 bits per heavy atom. The fourth-order valence-corrected chi connectivity index (χ4v) is 4.40. The van der Waals surface area contributed by atoms with Crippen LogP contribution in [0.1, 0.15) is 42.1 Å². The van der Waals surface area contributed by atoms with Crippen LogP contribution in [0.25, 0.3) is 0 Å². The molecule has 2 N–H and O–H groups in total. The molecule has 2 heterocycles. The smallest absolute Gasteiger partial charge is 0.304 e. The number of hydrogen-bond acceptors (Lipinski definition) is 5. The van der Waals surface area contributed by atoms with Crippen LogP contribution >= 0.6 is 0 Å². The molecule has 0 spiro atoms. The molecule has 1 fully saturated rings. The Labute approximate surface area is 171 Å². The van der Waals surface area contributed by atoms with Crippen LogP contribution in [0.15, 0.2) is 36.4 Å². The minimum atomic E-state index is -0.768. The quantitative estimate of drug-likeness (QED) is 0.673. The number of benzene rings is 1. The molecule has 0 bridgehead atoms. The lowest BCUT2D eigenvalue weighted by Crippen LogP contribution is -2.16. The molecule has 6 nitrogen and oxygen atoms in total. The molecule has 6 heteroatoms. The number of methoxy groups -OCH3 is 1. The Morgan fingerprint density at radius 1 is 1.28 bits per heavy atom. The van der Waals surface area contributed by atoms with Gasteiger partial charge in [0.05, 0.1) is 31.0 Å². The lowest BCUT2D eigenvalue weighted by Gasteiger charge is -2.17. The van der Waals surface area contributed by atoms with Crippen molar-refractivity contribution in [1.82, 2.24) is 4.98 Å². The molecule has 154 valence electrons. The van der Waals surface area contributed by atoms with Gasteiger partial charge in [0.15, 0.2) is 0 Å². The molecular formula is C23H28N2O4. The topological polar surface area (TPSA) is 80.7 Å². The van der Waals surface area contributed by atoms with Crippen molar-refractivity contribution in [2.45, 2.75) is 38.0 Å². The fourth-order valence-electron chi connectivity index (χ4n) is 4.40. The molecule has 0 saturated heterocycles. The van der Waals surface area contributed by atoms with Crippen LogP contribution in [-0.2, 0) is 22.4 Å². The first-order chi connectivity index (χ1) is 14.1. The van der Waals surface area contributed by atoms with E-state index >= 15 is 0 Å². The number of aryl methyl sites for hydroxylation is 1. The van der Waals surface area contributed by atoms with Crippen LogP contribution in [0.2, 0.25) is 0 Å². The monoisotopic (exact) mass is 396 g/mol. The van der Waals surface area contributed by atoms with Crippen molar-refractivity contribution in [3.05, 3.63) is 53.3 Å². The van der Waals surface area contributed by atoms with Crippen molar-refractivity contribution in [2.75, 3.05) is 32.2 Å². The van der Waals surface area contributed by atoms with Gasteiger partial charge in [-0.15, -0.1) is 0 Å². The minimum Gasteiger partial charge on any atom is -0.493 e. The lowest BCUT2D eigenvalue weighted by molar-refractivity contribution is -0.139. The second kappa shape index (κ2) is 8.41. The Hall–Kier alpha value is -2.60. The molecule has 1 aromatic carbocycles. The number of carboxylic acid groups (broad SMARTS) is 1. The van der Waals surface area contributed by atoms with Crippen molar-refractivity contribution >= 4 is 11.7 Å². The highest BCUT2D eigenvalue weighted by Crippen LogP contribution is 2.61. The van der Waals surface area contributed by atoms with Crippen molar-refractivity contribution in [3.63, 3.8) is 0 Å². The van der Waals surface area contributed by atoms with Crippen LogP contribution in [0.3, 0.4) is 0 Å². The van der Waals surface area contributed by atoms with E-state index in [4.69, 9.17) is 14.5 Å². The van der Waals surface area contributed by atoms with Crippen molar-refractivity contribution in [2.24, 2.45) is 5.41 Å². The number of nitrogens with zero attached hydrogens (tertiary/aromatic N) is 1. The zero-order chi connectivity index (χ0) is 20.3. The summed E-state index contributed by atoms with van der Waals surface area (Å²) in [4.78, 5) is 15.9. The van der Waals surface area contributed by atoms with Gasteiger partial charge < -0.3 is 19.9 Å². The van der Waals surface area contributed by atoms with Crippen LogP contribution in [-0.4, -0.2) is 42.9 Å². The molecule has 1 aliphatic carbocycles. The molecule has 2 aliphatic rings. The number of aromatic nitrogens is 1. The van der Waals surface area contributed by atoms with Gasteiger partial charge in [-0.1, -0.05) is 12.1 Å². The number of rotatable bonds is 9. The number of fused-ring (bicyclic) bond motifs is 1. The highest BCUT2D eigenvalue weighted by Gasteiger charge is 2.55. The van der Waals surface area contributed by atoms with E-state index in [0.717, 1.165) is 60.6 Å². The molecule has 0 amide bonds. The number of hydrogen-bond donors (Lipinski definition) is 2. The molecule has 1 saturated carbocycles. The first-order valence-electron chi connectivity index (χ1n) is 10.3. The zero-order valence-corrected chi connectivity index (χ0v) is 16.8. The lowest BCUT2D eigenvalue weighted by atomic mass is 9.96. The summed E-state index contributed by atoms with van der Waals surface area (Å²) in [5, 5.41) is 12.6. The molecule has 2 aromatic rings. The predicted octanol–water partition coefficient (Wildman–Crippen LogP) is 3.66. The van der Waals surface area contributed by atoms with Gasteiger partial charge in [-0.05, 0) is 55.0 Å². The maximum atomic E-state index is 11.2. The van der Waals surface area contributed by atoms with Gasteiger partial charge in [0.1, 0.15) is 5.75 Å². The third kappa shape index (κ3) is 4.53. The van der Waals surface area contributed by atoms with Crippen molar-refractivity contribution in [1.29, 1.82) is 0 Å². The predicted molar refractivity (Wildman–Crippen MR) is 111 cm³/mol. The normalized spacial score (nSPS) is 22.4. The van der Waals surface area contributed by atoms with Gasteiger partial charge in [-0.25, -0.2) is 0 Å². The third-order valence-electron chi connectivity index (χ3n) is 5.97. The highest BCUT2D eigenvalue weighted by atomic mass is 16.5. The second-order valence-electron chi connectivity index (χ2n) is 8.12.